The number of hydrogen-bond donors (Lipinski definition) is 2. The summed E-state index contributed by atoms with van der Waals surface area (Å²) in [5.74, 6) is -1.88. The van der Waals surface area contributed by atoms with Crippen molar-refractivity contribution >= 4 is 23.8 Å². The molecule has 0 spiro atoms. The molecule has 36 heavy (non-hydrogen) atoms. The number of aromatic carboxylic acids is 1. The first kappa shape index (κ1) is 26.9. The van der Waals surface area contributed by atoms with Crippen LogP contribution in [0.3, 0.4) is 0 Å². The van der Waals surface area contributed by atoms with Gasteiger partial charge in [0.1, 0.15) is 11.6 Å². The number of carboxylic acids is 1. The fourth-order valence-corrected chi connectivity index (χ4v) is 4.07. The predicted octanol–water partition coefficient (Wildman–Crippen LogP) is 5.03. The fourth-order valence-electron chi connectivity index (χ4n) is 4.07. The summed E-state index contributed by atoms with van der Waals surface area (Å²) in [6, 6.07) is 11.0. The number of carbonyl (C=O) groups excluding carboxylic acids is 3. The maximum absolute atomic E-state index is 13.3. The molecule has 0 saturated heterocycles. The van der Waals surface area contributed by atoms with Crippen LogP contribution in [-0.4, -0.2) is 46.7 Å². The second-order valence-corrected chi connectivity index (χ2v) is 10.4. The summed E-state index contributed by atoms with van der Waals surface area (Å²) < 4.78 is 10.9. The van der Waals surface area contributed by atoms with E-state index in [0.29, 0.717) is 24.8 Å². The number of rotatable bonds is 7. The first-order valence-corrected chi connectivity index (χ1v) is 12.0. The van der Waals surface area contributed by atoms with E-state index in [-0.39, 0.29) is 17.3 Å². The Hall–Kier alpha value is -3.68. The number of carbonyl (C=O) groups is 4. The minimum absolute atomic E-state index is 0.0929. The number of nitrogens with one attached hydrogen (secondary N) is 1. The van der Waals surface area contributed by atoms with E-state index in [4.69, 9.17) is 14.6 Å². The van der Waals surface area contributed by atoms with E-state index in [9.17, 15) is 19.2 Å². The highest BCUT2D eigenvalue weighted by Gasteiger charge is 2.34. The molecule has 192 valence electrons. The van der Waals surface area contributed by atoms with Crippen LogP contribution in [0.1, 0.15) is 73.7 Å². The molecule has 2 aromatic carbocycles. The molecule has 0 heterocycles. The van der Waals surface area contributed by atoms with Crippen molar-refractivity contribution in [2.45, 2.75) is 71.6 Å². The van der Waals surface area contributed by atoms with Gasteiger partial charge in [-0.25, -0.2) is 14.4 Å². The molecular formula is C28H33NO7. The average molecular weight is 496 g/mol. The van der Waals surface area contributed by atoms with Crippen LogP contribution in [0.2, 0.25) is 0 Å². The lowest BCUT2D eigenvalue weighted by Crippen LogP contribution is -2.46. The maximum Gasteiger partial charge on any atom is 0.408 e. The summed E-state index contributed by atoms with van der Waals surface area (Å²) in [6.45, 7) is 9.03. The van der Waals surface area contributed by atoms with Gasteiger partial charge in [0.25, 0.3) is 0 Å². The molecule has 8 heteroatoms. The van der Waals surface area contributed by atoms with Crippen molar-refractivity contribution < 1.29 is 33.8 Å². The monoisotopic (exact) mass is 495 g/mol. The molecule has 2 unspecified atom stereocenters. The number of carboxylic acid groups (broad SMARTS) is 1. The molecule has 0 radical (unpaired) electrons. The summed E-state index contributed by atoms with van der Waals surface area (Å²) >= 11 is 0. The van der Waals surface area contributed by atoms with Crippen molar-refractivity contribution in [1.82, 2.24) is 5.32 Å². The van der Waals surface area contributed by atoms with Gasteiger partial charge >= 0.3 is 18.0 Å². The lowest BCUT2D eigenvalue weighted by Gasteiger charge is -2.27. The summed E-state index contributed by atoms with van der Waals surface area (Å²) in [7, 11) is 0. The Balaban J connectivity index is 1.75. The Labute approximate surface area is 211 Å². The van der Waals surface area contributed by atoms with Gasteiger partial charge in [0, 0.05) is 5.56 Å². The lowest BCUT2D eigenvalue weighted by atomic mass is 9.86. The Morgan fingerprint density at radius 2 is 1.69 bits per heavy atom. The topological polar surface area (TPSA) is 119 Å². The molecule has 1 amide bonds. The van der Waals surface area contributed by atoms with E-state index in [2.05, 4.69) is 5.32 Å². The molecule has 1 aliphatic carbocycles. The highest BCUT2D eigenvalue weighted by atomic mass is 16.6. The van der Waals surface area contributed by atoms with Crippen molar-refractivity contribution in [1.29, 1.82) is 0 Å². The Bertz CT molecular complexity index is 1150. The summed E-state index contributed by atoms with van der Waals surface area (Å²) in [5, 5.41) is 11.7. The second-order valence-electron chi connectivity index (χ2n) is 10.4. The molecule has 0 bridgehead atoms. The first-order chi connectivity index (χ1) is 16.8. The van der Waals surface area contributed by atoms with Crippen molar-refractivity contribution in [2.75, 3.05) is 0 Å². The standard InChI is InChI=1S/C28H33NO7/c1-16(2)14-22(29-27(34)36-28(3,4)5)26(33)35-23-13-12-18-8-11-20(15-21(18)24(23)30)17-6-9-19(10-7-17)25(31)32/h6-11,15-16,22-23H,12-14H2,1-5H3,(H,29,34)(H,31,32). The number of alkyl carbamates (subject to hydrolysis) is 1. The molecule has 0 fully saturated rings. The number of Topliss-reactive ketones (excluding diaryl/α,β-unsaturated/α-hetero) is 1. The van der Waals surface area contributed by atoms with Crippen molar-refractivity contribution in [3.8, 4) is 11.1 Å². The number of hydrogen-bond acceptors (Lipinski definition) is 6. The van der Waals surface area contributed by atoms with Gasteiger partial charge < -0.3 is 19.9 Å². The average Bonchev–Trinajstić information content (AvgIpc) is 2.79. The quantitative estimate of drug-likeness (QED) is 0.517. The molecule has 8 nitrogen and oxygen atoms in total. The third-order valence-electron chi connectivity index (χ3n) is 5.75. The van der Waals surface area contributed by atoms with Crippen molar-refractivity contribution in [2.24, 2.45) is 5.92 Å². The normalized spacial score (nSPS) is 16.2. The molecule has 2 aromatic rings. The summed E-state index contributed by atoms with van der Waals surface area (Å²) in [5.41, 5.74) is 2.33. The van der Waals surface area contributed by atoms with Gasteiger partial charge in [-0.1, -0.05) is 38.1 Å². The van der Waals surface area contributed by atoms with Crippen LogP contribution in [0.5, 0.6) is 0 Å². The zero-order valence-electron chi connectivity index (χ0n) is 21.3. The van der Waals surface area contributed by atoms with Crippen LogP contribution in [0.25, 0.3) is 11.1 Å². The van der Waals surface area contributed by atoms with Crippen molar-refractivity contribution in [3.63, 3.8) is 0 Å². The van der Waals surface area contributed by atoms with E-state index in [1.807, 2.05) is 26.0 Å². The predicted molar refractivity (Wildman–Crippen MR) is 134 cm³/mol. The third-order valence-corrected chi connectivity index (χ3v) is 5.75. The molecule has 2 atom stereocenters. The number of amides is 1. The molecule has 0 aromatic heterocycles. The van der Waals surface area contributed by atoms with Gasteiger partial charge in [-0.3, -0.25) is 4.79 Å². The minimum Gasteiger partial charge on any atom is -0.478 e. The SMILES string of the molecule is CC(C)CC(NC(=O)OC(C)(C)C)C(=O)OC1CCc2ccc(-c3ccc(C(=O)O)cc3)cc2C1=O. The Morgan fingerprint density at radius 3 is 2.28 bits per heavy atom. The van der Waals surface area contributed by atoms with E-state index >= 15 is 0 Å². The Kier molecular flexibility index (Phi) is 8.17. The van der Waals surface area contributed by atoms with E-state index in [1.165, 1.54) is 12.1 Å². The van der Waals surface area contributed by atoms with Gasteiger partial charge in [-0.2, -0.15) is 0 Å². The number of ketones is 1. The molecular weight excluding hydrogens is 462 g/mol. The molecule has 0 saturated carbocycles. The number of ether oxygens (including phenoxy) is 2. The van der Waals surface area contributed by atoms with Crippen LogP contribution in [0, 0.1) is 5.92 Å². The van der Waals surface area contributed by atoms with E-state index < -0.39 is 35.8 Å². The van der Waals surface area contributed by atoms with Gasteiger partial charge in [-0.15, -0.1) is 0 Å². The van der Waals surface area contributed by atoms with Gasteiger partial charge in [-0.05, 0) is 80.8 Å². The van der Waals surface area contributed by atoms with Crippen LogP contribution < -0.4 is 5.32 Å². The molecule has 2 N–H and O–H groups in total. The lowest BCUT2D eigenvalue weighted by molar-refractivity contribution is -0.150. The highest BCUT2D eigenvalue weighted by molar-refractivity contribution is 6.03. The maximum atomic E-state index is 13.3. The number of esters is 1. The minimum atomic E-state index is -1.01. The van der Waals surface area contributed by atoms with Gasteiger partial charge in [0.2, 0.25) is 5.78 Å². The van der Waals surface area contributed by atoms with Crippen LogP contribution >= 0.6 is 0 Å². The van der Waals surface area contributed by atoms with Crippen LogP contribution in [0.15, 0.2) is 42.5 Å². The number of benzene rings is 2. The summed E-state index contributed by atoms with van der Waals surface area (Å²) in [4.78, 5) is 49.6. The first-order valence-electron chi connectivity index (χ1n) is 12.0. The Morgan fingerprint density at radius 1 is 1.06 bits per heavy atom. The fraction of sp³-hybridized carbons (Fsp3) is 0.429. The summed E-state index contributed by atoms with van der Waals surface area (Å²) in [6.07, 6.45) is -0.420. The third kappa shape index (κ3) is 6.93. The number of fused-ring (bicyclic) bond motifs is 1. The van der Waals surface area contributed by atoms with Crippen LogP contribution in [0.4, 0.5) is 4.79 Å². The van der Waals surface area contributed by atoms with Gasteiger partial charge in [0.15, 0.2) is 6.10 Å². The van der Waals surface area contributed by atoms with Crippen molar-refractivity contribution in [3.05, 3.63) is 59.2 Å². The van der Waals surface area contributed by atoms with Gasteiger partial charge in [0.05, 0.1) is 5.56 Å². The molecule has 0 aliphatic heterocycles. The number of aryl methyl sites for hydroxylation is 1. The second kappa shape index (κ2) is 10.9. The molecule has 3 rings (SSSR count). The zero-order valence-corrected chi connectivity index (χ0v) is 21.3. The largest absolute Gasteiger partial charge is 0.478 e. The smallest absolute Gasteiger partial charge is 0.408 e. The van der Waals surface area contributed by atoms with E-state index in [0.717, 1.165) is 16.7 Å². The van der Waals surface area contributed by atoms with E-state index in [1.54, 1.807) is 39.0 Å². The van der Waals surface area contributed by atoms with Crippen LogP contribution in [-0.2, 0) is 20.7 Å². The molecule has 1 aliphatic rings. The highest BCUT2D eigenvalue weighted by Crippen LogP contribution is 2.29. The zero-order chi connectivity index (χ0) is 26.6.